The number of aromatic hydroxyl groups is 1. The van der Waals surface area contributed by atoms with Gasteiger partial charge < -0.3 is 19.4 Å². The van der Waals surface area contributed by atoms with Crippen LogP contribution in [0.25, 0.3) is 0 Å². The number of nitrogens with zero attached hydrogens (tertiary/aromatic N) is 1. The summed E-state index contributed by atoms with van der Waals surface area (Å²) < 4.78 is 11.0. The second kappa shape index (κ2) is 9.54. The summed E-state index contributed by atoms with van der Waals surface area (Å²) in [6.07, 6.45) is 1.00. The minimum absolute atomic E-state index is 0.250. The van der Waals surface area contributed by atoms with Gasteiger partial charge in [-0.05, 0) is 29.6 Å². The second-order valence-electron chi connectivity index (χ2n) is 6.13. The Balaban J connectivity index is 1.56. The van der Waals surface area contributed by atoms with E-state index in [1.165, 1.54) is 0 Å². The molecule has 6 heteroatoms. The van der Waals surface area contributed by atoms with Crippen LogP contribution in [0.15, 0.2) is 64.6 Å². The Morgan fingerprint density at radius 1 is 1.08 bits per heavy atom. The molecule has 2 aromatic heterocycles. The highest BCUT2D eigenvalue weighted by Gasteiger charge is 2.16. The quantitative estimate of drug-likeness (QED) is 0.568. The van der Waals surface area contributed by atoms with Crippen LogP contribution in [0.4, 0.5) is 0 Å². The molecule has 0 spiro atoms. The number of phenols is 1. The van der Waals surface area contributed by atoms with Gasteiger partial charge in [0.25, 0.3) is 0 Å². The van der Waals surface area contributed by atoms with Gasteiger partial charge in [-0.1, -0.05) is 24.3 Å². The number of furan rings is 1. The van der Waals surface area contributed by atoms with Gasteiger partial charge in [0, 0.05) is 23.5 Å². The zero-order valence-electron chi connectivity index (χ0n) is 14.5. The number of benzene rings is 1. The molecule has 1 unspecified atom stereocenters. The molecule has 2 heterocycles. The topological polar surface area (TPSA) is 66.1 Å². The first-order chi connectivity index (χ1) is 12.7. The van der Waals surface area contributed by atoms with Crippen molar-refractivity contribution in [2.24, 2.45) is 0 Å². The lowest BCUT2D eigenvalue weighted by Gasteiger charge is -2.24. The molecule has 0 aliphatic carbocycles. The van der Waals surface area contributed by atoms with Crippen LogP contribution < -0.4 is 0 Å². The first kappa shape index (κ1) is 18.7. The van der Waals surface area contributed by atoms with E-state index in [-0.39, 0.29) is 12.4 Å². The SMILES string of the molecule is Oc1ccccc1CN(Cc1ccco1)CC(O)COCc1cccs1. The average molecular weight is 373 g/mol. The Kier molecular flexibility index (Phi) is 6.85. The monoisotopic (exact) mass is 373 g/mol. The minimum Gasteiger partial charge on any atom is -0.508 e. The summed E-state index contributed by atoms with van der Waals surface area (Å²) in [5, 5.41) is 22.4. The van der Waals surface area contributed by atoms with E-state index in [2.05, 4.69) is 0 Å². The van der Waals surface area contributed by atoms with E-state index in [9.17, 15) is 10.2 Å². The molecule has 1 aromatic carbocycles. The standard InChI is InChI=1S/C20H23NO4S/c22-17(14-24-15-19-7-4-10-26-19)12-21(13-18-6-3-9-25-18)11-16-5-1-2-8-20(16)23/h1-10,17,22-23H,11-15H2. The number of ether oxygens (including phenoxy) is 1. The molecule has 0 aliphatic heterocycles. The van der Waals surface area contributed by atoms with E-state index in [1.54, 1.807) is 29.7 Å². The van der Waals surface area contributed by atoms with E-state index < -0.39 is 6.10 Å². The Morgan fingerprint density at radius 2 is 1.96 bits per heavy atom. The maximum Gasteiger partial charge on any atom is 0.120 e. The maximum absolute atomic E-state index is 10.4. The lowest BCUT2D eigenvalue weighted by atomic mass is 10.1. The fourth-order valence-electron chi connectivity index (χ4n) is 2.73. The van der Waals surface area contributed by atoms with Gasteiger partial charge in [-0.3, -0.25) is 4.90 Å². The predicted molar refractivity (Wildman–Crippen MR) is 101 cm³/mol. The van der Waals surface area contributed by atoms with Crippen molar-refractivity contribution in [1.82, 2.24) is 4.90 Å². The summed E-state index contributed by atoms with van der Waals surface area (Å²) in [6.45, 7) is 2.23. The van der Waals surface area contributed by atoms with Crippen molar-refractivity contribution < 1.29 is 19.4 Å². The van der Waals surface area contributed by atoms with Crippen LogP contribution in [-0.2, 0) is 24.4 Å². The molecule has 0 bridgehead atoms. The van der Waals surface area contributed by atoms with Gasteiger partial charge in [0.15, 0.2) is 0 Å². The fraction of sp³-hybridized carbons (Fsp3) is 0.300. The molecular weight excluding hydrogens is 350 g/mol. The first-order valence-electron chi connectivity index (χ1n) is 8.50. The Bertz CT molecular complexity index is 758. The molecular formula is C20H23NO4S. The highest BCUT2D eigenvalue weighted by molar-refractivity contribution is 7.09. The molecule has 0 saturated heterocycles. The van der Waals surface area contributed by atoms with Crippen molar-refractivity contribution in [3.63, 3.8) is 0 Å². The predicted octanol–water partition coefficient (Wildman–Crippen LogP) is 3.63. The van der Waals surface area contributed by atoms with Crippen molar-refractivity contribution >= 4 is 11.3 Å². The zero-order valence-corrected chi connectivity index (χ0v) is 15.3. The summed E-state index contributed by atoms with van der Waals surface area (Å²) in [5.74, 6) is 1.06. The molecule has 0 radical (unpaired) electrons. The average Bonchev–Trinajstić information content (AvgIpc) is 3.31. The molecule has 2 N–H and O–H groups in total. The molecule has 138 valence electrons. The van der Waals surface area contributed by atoms with Gasteiger partial charge in [0.1, 0.15) is 11.5 Å². The summed E-state index contributed by atoms with van der Waals surface area (Å²) in [7, 11) is 0. The van der Waals surface area contributed by atoms with Crippen molar-refractivity contribution in [2.45, 2.75) is 25.8 Å². The van der Waals surface area contributed by atoms with Gasteiger partial charge in [-0.2, -0.15) is 0 Å². The third kappa shape index (κ3) is 5.71. The van der Waals surface area contributed by atoms with Crippen LogP contribution in [-0.4, -0.2) is 34.4 Å². The van der Waals surface area contributed by atoms with E-state index in [0.29, 0.717) is 26.2 Å². The van der Waals surface area contributed by atoms with Gasteiger partial charge >= 0.3 is 0 Å². The van der Waals surface area contributed by atoms with E-state index in [1.807, 2.05) is 46.7 Å². The highest BCUT2D eigenvalue weighted by atomic mass is 32.1. The van der Waals surface area contributed by atoms with Crippen LogP contribution in [0.1, 0.15) is 16.2 Å². The van der Waals surface area contributed by atoms with Gasteiger partial charge in [0.05, 0.1) is 32.1 Å². The number of rotatable bonds is 10. The van der Waals surface area contributed by atoms with Crippen LogP contribution in [0.5, 0.6) is 5.75 Å². The zero-order chi connectivity index (χ0) is 18.2. The number of hydrogen-bond donors (Lipinski definition) is 2. The van der Waals surface area contributed by atoms with Gasteiger partial charge in [0.2, 0.25) is 0 Å². The van der Waals surface area contributed by atoms with Gasteiger partial charge in [-0.15, -0.1) is 11.3 Å². The van der Waals surface area contributed by atoms with Crippen molar-refractivity contribution in [2.75, 3.05) is 13.2 Å². The summed E-state index contributed by atoms with van der Waals surface area (Å²) in [6, 6.07) is 15.0. The molecule has 0 saturated carbocycles. The number of phenolic OH excluding ortho intramolecular Hbond substituents is 1. The molecule has 26 heavy (non-hydrogen) atoms. The number of hydrogen-bond acceptors (Lipinski definition) is 6. The molecule has 0 fully saturated rings. The van der Waals surface area contributed by atoms with E-state index >= 15 is 0 Å². The first-order valence-corrected chi connectivity index (χ1v) is 9.38. The highest BCUT2D eigenvalue weighted by Crippen LogP contribution is 2.19. The van der Waals surface area contributed by atoms with Crippen LogP contribution in [0.2, 0.25) is 0 Å². The fourth-order valence-corrected chi connectivity index (χ4v) is 3.37. The number of thiophene rings is 1. The van der Waals surface area contributed by atoms with Gasteiger partial charge in [-0.25, -0.2) is 0 Å². The molecule has 0 aliphatic rings. The molecule has 3 rings (SSSR count). The Labute approximate surface area is 157 Å². The number of aliphatic hydroxyl groups excluding tert-OH is 1. The number of aliphatic hydroxyl groups is 1. The van der Waals surface area contributed by atoms with Crippen LogP contribution >= 0.6 is 11.3 Å². The molecule has 3 aromatic rings. The normalized spacial score (nSPS) is 12.5. The number of para-hydroxylation sites is 1. The van der Waals surface area contributed by atoms with Crippen LogP contribution in [0.3, 0.4) is 0 Å². The smallest absolute Gasteiger partial charge is 0.120 e. The largest absolute Gasteiger partial charge is 0.508 e. The minimum atomic E-state index is -0.629. The molecule has 0 amide bonds. The molecule has 5 nitrogen and oxygen atoms in total. The van der Waals surface area contributed by atoms with E-state index in [4.69, 9.17) is 9.15 Å². The van der Waals surface area contributed by atoms with Crippen molar-refractivity contribution in [3.8, 4) is 5.75 Å². The summed E-state index contributed by atoms with van der Waals surface area (Å²) >= 11 is 1.64. The van der Waals surface area contributed by atoms with E-state index in [0.717, 1.165) is 16.2 Å². The third-order valence-electron chi connectivity index (χ3n) is 3.95. The summed E-state index contributed by atoms with van der Waals surface area (Å²) in [4.78, 5) is 3.17. The Morgan fingerprint density at radius 3 is 2.69 bits per heavy atom. The Hall–Kier alpha value is -2.12. The lowest BCUT2D eigenvalue weighted by Crippen LogP contribution is -2.34. The second-order valence-corrected chi connectivity index (χ2v) is 7.16. The summed E-state index contributed by atoms with van der Waals surface area (Å²) in [5.41, 5.74) is 0.811. The lowest BCUT2D eigenvalue weighted by molar-refractivity contribution is 0.00677. The van der Waals surface area contributed by atoms with Crippen molar-refractivity contribution in [1.29, 1.82) is 0 Å². The van der Waals surface area contributed by atoms with Crippen molar-refractivity contribution in [3.05, 3.63) is 76.4 Å². The third-order valence-corrected chi connectivity index (χ3v) is 4.80. The molecule has 1 atom stereocenters. The maximum atomic E-state index is 10.4. The van der Waals surface area contributed by atoms with Crippen LogP contribution in [0, 0.1) is 0 Å².